The van der Waals surface area contributed by atoms with Crippen LogP contribution >= 0.6 is 0 Å². The predicted molar refractivity (Wildman–Crippen MR) is 166 cm³/mol. The lowest BCUT2D eigenvalue weighted by molar-refractivity contribution is -0.130. The maximum atomic E-state index is 14.1. The average molecular weight is 597 g/mol. The molecule has 5 rings (SSSR count). The van der Waals surface area contributed by atoms with Gasteiger partial charge in [0.1, 0.15) is 23.5 Å². The second-order valence-electron chi connectivity index (χ2n) is 11.3. The number of nitrogens with zero attached hydrogens (tertiary/aromatic N) is 5. The van der Waals surface area contributed by atoms with Crippen molar-refractivity contribution in [2.24, 2.45) is 5.92 Å². The minimum absolute atomic E-state index is 0.0833. The highest BCUT2D eigenvalue weighted by atomic mass is 16.2. The van der Waals surface area contributed by atoms with Gasteiger partial charge in [0.05, 0.1) is 18.2 Å². The highest BCUT2D eigenvalue weighted by Crippen LogP contribution is 2.23. The Kier molecular flexibility index (Phi) is 9.83. The van der Waals surface area contributed by atoms with Gasteiger partial charge in [-0.15, -0.1) is 0 Å². The van der Waals surface area contributed by atoms with E-state index in [9.17, 15) is 14.4 Å². The minimum atomic E-state index is -0.705. The molecule has 1 aliphatic rings. The molecule has 3 heterocycles. The summed E-state index contributed by atoms with van der Waals surface area (Å²) >= 11 is 0. The maximum Gasteiger partial charge on any atom is 0.254 e. The molecule has 11 nitrogen and oxygen atoms in total. The summed E-state index contributed by atoms with van der Waals surface area (Å²) in [6, 6.07) is 16.1. The molecule has 2 aromatic heterocycles. The minimum Gasteiger partial charge on any atom is -0.345 e. The number of fused-ring (bicyclic) bond motifs is 1. The van der Waals surface area contributed by atoms with Crippen molar-refractivity contribution in [3.05, 3.63) is 89.8 Å². The van der Waals surface area contributed by atoms with Crippen LogP contribution in [0.3, 0.4) is 0 Å². The van der Waals surface area contributed by atoms with Crippen molar-refractivity contribution in [3.63, 3.8) is 0 Å². The second kappa shape index (κ2) is 14.1. The van der Waals surface area contributed by atoms with E-state index in [-0.39, 0.29) is 30.1 Å². The SMILES string of the molecule is CC[C@H](C)[C@@H]1NC(=O)CCCN(C(=O)c2ccccc2-c2ncc[nH]2)CCn2nc(C)nc2[C@H](Cc2ccccc2)NC1=O. The molecule has 44 heavy (non-hydrogen) atoms. The Morgan fingerprint density at radius 1 is 1.02 bits per heavy atom. The molecule has 230 valence electrons. The lowest BCUT2D eigenvalue weighted by atomic mass is 9.97. The Morgan fingerprint density at radius 2 is 1.80 bits per heavy atom. The van der Waals surface area contributed by atoms with Crippen molar-refractivity contribution >= 4 is 17.7 Å². The number of amides is 3. The fourth-order valence-corrected chi connectivity index (χ4v) is 5.58. The maximum absolute atomic E-state index is 14.1. The van der Waals surface area contributed by atoms with Gasteiger partial charge in [0, 0.05) is 37.5 Å². The number of aromatic amines is 1. The molecule has 0 unspecified atom stereocenters. The third kappa shape index (κ3) is 7.21. The summed E-state index contributed by atoms with van der Waals surface area (Å²) in [6.07, 6.45) is 5.21. The van der Waals surface area contributed by atoms with Crippen molar-refractivity contribution in [1.29, 1.82) is 0 Å². The van der Waals surface area contributed by atoms with Crippen LogP contribution in [0.4, 0.5) is 0 Å². The average Bonchev–Trinajstić information content (AvgIpc) is 3.70. The number of aromatic nitrogens is 5. The molecule has 3 amide bonds. The summed E-state index contributed by atoms with van der Waals surface area (Å²) in [5.74, 6) is 1.09. The number of carbonyl (C=O) groups is 3. The third-order valence-electron chi connectivity index (χ3n) is 8.14. The Labute approximate surface area is 257 Å². The van der Waals surface area contributed by atoms with Gasteiger partial charge < -0.3 is 20.5 Å². The van der Waals surface area contributed by atoms with E-state index in [2.05, 4.69) is 25.7 Å². The normalized spacial score (nSPS) is 18.9. The number of carbonyl (C=O) groups excluding carboxylic acids is 3. The van der Waals surface area contributed by atoms with Crippen LogP contribution in [0, 0.1) is 12.8 Å². The van der Waals surface area contributed by atoms with E-state index in [1.54, 1.807) is 28.0 Å². The van der Waals surface area contributed by atoms with Gasteiger partial charge in [0.25, 0.3) is 5.91 Å². The largest absolute Gasteiger partial charge is 0.345 e. The standard InChI is InChI=1S/C33H40N8O3/c1-4-22(2)29-32(43)37-27(21-24-11-6-5-7-12-24)31-36-23(3)39-41(31)20-19-40(18-10-15-28(42)38-29)33(44)26-14-9-8-13-25(26)30-34-16-17-35-30/h5-9,11-14,16-17,22,27,29H,4,10,15,18-21H2,1-3H3,(H,34,35)(H,37,43)(H,38,42)/t22-,27-,29-/m0/s1. The van der Waals surface area contributed by atoms with Gasteiger partial charge >= 0.3 is 0 Å². The van der Waals surface area contributed by atoms with E-state index in [4.69, 9.17) is 4.98 Å². The van der Waals surface area contributed by atoms with E-state index >= 15 is 0 Å². The van der Waals surface area contributed by atoms with Crippen molar-refractivity contribution < 1.29 is 14.4 Å². The monoisotopic (exact) mass is 596 g/mol. The van der Waals surface area contributed by atoms with Crippen LogP contribution in [-0.4, -0.2) is 66.5 Å². The molecule has 0 fully saturated rings. The van der Waals surface area contributed by atoms with Gasteiger partial charge in [-0.25, -0.2) is 14.6 Å². The van der Waals surface area contributed by atoms with E-state index in [0.29, 0.717) is 67.5 Å². The van der Waals surface area contributed by atoms with Crippen LogP contribution < -0.4 is 10.6 Å². The third-order valence-corrected chi connectivity index (χ3v) is 8.14. The molecule has 0 aliphatic carbocycles. The Hall–Kier alpha value is -4.80. The number of benzene rings is 2. The molecule has 0 saturated heterocycles. The molecular formula is C33H40N8O3. The summed E-state index contributed by atoms with van der Waals surface area (Å²) < 4.78 is 1.80. The van der Waals surface area contributed by atoms with Crippen LogP contribution in [0.2, 0.25) is 0 Å². The zero-order chi connectivity index (χ0) is 31.1. The molecule has 0 bridgehead atoms. The molecule has 0 saturated carbocycles. The first-order valence-electron chi connectivity index (χ1n) is 15.3. The number of hydrogen-bond donors (Lipinski definition) is 3. The van der Waals surface area contributed by atoms with Crippen molar-refractivity contribution in [1.82, 2.24) is 40.3 Å². The fraction of sp³-hybridized carbons (Fsp3) is 0.394. The van der Waals surface area contributed by atoms with E-state index in [1.165, 1.54) is 0 Å². The number of H-pyrrole nitrogens is 1. The molecule has 4 aromatic rings. The molecule has 0 spiro atoms. The summed E-state index contributed by atoms with van der Waals surface area (Å²) in [7, 11) is 0. The number of rotatable bonds is 6. The topological polar surface area (TPSA) is 138 Å². The summed E-state index contributed by atoms with van der Waals surface area (Å²) in [6.45, 7) is 6.84. The molecule has 11 heteroatoms. The van der Waals surface area contributed by atoms with Crippen LogP contribution in [-0.2, 0) is 22.6 Å². The fourth-order valence-electron chi connectivity index (χ4n) is 5.58. The zero-order valence-corrected chi connectivity index (χ0v) is 25.5. The zero-order valence-electron chi connectivity index (χ0n) is 25.5. The molecule has 2 aromatic carbocycles. The first kappa shape index (κ1) is 30.7. The number of hydrogen-bond acceptors (Lipinski definition) is 6. The van der Waals surface area contributed by atoms with Gasteiger partial charge in [-0.05, 0) is 37.3 Å². The highest BCUT2D eigenvalue weighted by molar-refractivity contribution is 6.00. The van der Waals surface area contributed by atoms with Gasteiger partial charge in [-0.3, -0.25) is 14.4 Å². The summed E-state index contributed by atoms with van der Waals surface area (Å²) in [4.78, 5) is 54.9. The van der Waals surface area contributed by atoms with Crippen molar-refractivity contribution in [2.45, 2.75) is 65.1 Å². The smallest absolute Gasteiger partial charge is 0.254 e. The van der Waals surface area contributed by atoms with Gasteiger partial charge in [-0.2, -0.15) is 5.10 Å². The summed E-state index contributed by atoms with van der Waals surface area (Å²) in [5.41, 5.74) is 2.26. The quantitative estimate of drug-likeness (QED) is 0.309. The van der Waals surface area contributed by atoms with Crippen LogP contribution in [0.15, 0.2) is 67.0 Å². The first-order chi connectivity index (χ1) is 21.3. The number of nitrogens with one attached hydrogen (secondary N) is 3. The summed E-state index contributed by atoms with van der Waals surface area (Å²) in [5, 5.41) is 10.8. The Morgan fingerprint density at radius 3 is 2.55 bits per heavy atom. The van der Waals surface area contributed by atoms with Gasteiger partial charge in [-0.1, -0.05) is 68.8 Å². The predicted octanol–water partition coefficient (Wildman–Crippen LogP) is 3.84. The first-order valence-corrected chi connectivity index (χ1v) is 15.3. The second-order valence-corrected chi connectivity index (χ2v) is 11.3. The van der Waals surface area contributed by atoms with Crippen molar-refractivity contribution in [3.8, 4) is 11.4 Å². The number of imidazole rings is 1. The molecular weight excluding hydrogens is 556 g/mol. The van der Waals surface area contributed by atoms with Gasteiger partial charge in [0.15, 0.2) is 0 Å². The molecule has 3 N–H and O–H groups in total. The van der Waals surface area contributed by atoms with Gasteiger partial charge in [0.2, 0.25) is 11.8 Å². The van der Waals surface area contributed by atoms with Crippen molar-refractivity contribution in [2.75, 3.05) is 13.1 Å². The Bertz CT molecular complexity index is 1570. The van der Waals surface area contributed by atoms with Crippen LogP contribution in [0.1, 0.15) is 66.7 Å². The lowest BCUT2D eigenvalue weighted by Gasteiger charge is -2.28. The molecule has 1 aliphatic heterocycles. The lowest BCUT2D eigenvalue weighted by Crippen LogP contribution is -2.51. The molecule has 3 atom stereocenters. The number of aryl methyl sites for hydroxylation is 1. The molecule has 0 radical (unpaired) electrons. The van der Waals surface area contributed by atoms with E-state index in [0.717, 1.165) is 5.56 Å². The highest BCUT2D eigenvalue weighted by Gasteiger charge is 2.31. The van der Waals surface area contributed by atoms with E-state index in [1.807, 2.05) is 69.3 Å². The van der Waals surface area contributed by atoms with Crippen LogP contribution in [0.25, 0.3) is 11.4 Å². The van der Waals surface area contributed by atoms with E-state index < -0.39 is 12.1 Å². The Balaban J connectivity index is 1.50. The van der Waals surface area contributed by atoms with Crippen LogP contribution in [0.5, 0.6) is 0 Å².